The highest BCUT2D eigenvalue weighted by Gasteiger charge is 2.17. The largest absolute Gasteiger partial charge is 0.375 e. The van der Waals surface area contributed by atoms with Crippen LogP contribution in [0.5, 0.6) is 0 Å². The SMILES string of the molecule is CCC(CC)CNC(=O)CC1CNCCO1. The zero-order valence-electron chi connectivity index (χ0n) is 10.4. The van der Waals surface area contributed by atoms with Crippen molar-refractivity contribution >= 4 is 5.91 Å². The van der Waals surface area contributed by atoms with Crippen LogP contribution < -0.4 is 10.6 Å². The van der Waals surface area contributed by atoms with Crippen LogP contribution in [0.3, 0.4) is 0 Å². The summed E-state index contributed by atoms with van der Waals surface area (Å²) in [6.07, 6.45) is 2.78. The average molecular weight is 228 g/mol. The third-order valence-corrected chi connectivity index (χ3v) is 3.16. The van der Waals surface area contributed by atoms with E-state index in [-0.39, 0.29) is 12.0 Å². The number of amides is 1. The Labute approximate surface area is 98.1 Å². The van der Waals surface area contributed by atoms with E-state index in [9.17, 15) is 4.79 Å². The van der Waals surface area contributed by atoms with E-state index < -0.39 is 0 Å². The molecule has 1 saturated heterocycles. The Hall–Kier alpha value is -0.610. The van der Waals surface area contributed by atoms with Crippen LogP contribution >= 0.6 is 0 Å². The lowest BCUT2D eigenvalue weighted by atomic mass is 10.0. The smallest absolute Gasteiger partial charge is 0.222 e. The van der Waals surface area contributed by atoms with Gasteiger partial charge in [0.1, 0.15) is 0 Å². The molecule has 0 radical (unpaired) electrons. The van der Waals surface area contributed by atoms with Crippen LogP contribution in [0.2, 0.25) is 0 Å². The van der Waals surface area contributed by atoms with Crippen molar-refractivity contribution in [3.8, 4) is 0 Å². The summed E-state index contributed by atoms with van der Waals surface area (Å²) in [6, 6.07) is 0. The molecule has 1 aliphatic heterocycles. The zero-order valence-corrected chi connectivity index (χ0v) is 10.4. The zero-order chi connectivity index (χ0) is 11.8. The summed E-state index contributed by atoms with van der Waals surface area (Å²) in [5.74, 6) is 0.718. The monoisotopic (exact) mass is 228 g/mol. The molecular weight excluding hydrogens is 204 g/mol. The van der Waals surface area contributed by atoms with Crippen LogP contribution in [0.15, 0.2) is 0 Å². The van der Waals surface area contributed by atoms with Crippen molar-refractivity contribution in [3.05, 3.63) is 0 Å². The molecular formula is C12H24N2O2. The standard InChI is InChI=1S/C12H24N2O2/c1-3-10(4-2)8-14-12(15)7-11-9-13-5-6-16-11/h10-11,13H,3-9H2,1-2H3,(H,14,15). The van der Waals surface area contributed by atoms with Crippen LogP contribution in [-0.2, 0) is 9.53 Å². The van der Waals surface area contributed by atoms with Gasteiger partial charge < -0.3 is 15.4 Å². The van der Waals surface area contributed by atoms with Gasteiger partial charge in [0.2, 0.25) is 5.91 Å². The normalized spacial score (nSPS) is 21.1. The Bertz CT molecular complexity index is 199. The van der Waals surface area contributed by atoms with Gasteiger partial charge in [-0.2, -0.15) is 0 Å². The first kappa shape index (κ1) is 13.5. The molecule has 0 aromatic carbocycles. The van der Waals surface area contributed by atoms with Crippen molar-refractivity contribution in [1.29, 1.82) is 0 Å². The van der Waals surface area contributed by atoms with Gasteiger partial charge >= 0.3 is 0 Å². The Morgan fingerprint density at radius 1 is 1.50 bits per heavy atom. The molecule has 4 nitrogen and oxygen atoms in total. The lowest BCUT2D eigenvalue weighted by molar-refractivity contribution is -0.124. The number of morpholine rings is 1. The molecule has 1 atom stereocenters. The van der Waals surface area contributed by atoms with Crippen molar-refractivity contribution in [1.82, 2.24) is 10.6 Å². The van der Waals surface area contributed by atoms with E-state index >= 15 is 0 Å². The second-order valence-electron chi connectivity index (χ2n) is 4.39. The van der Waals surface area contributed by atoms with Gasteiger partial charge in [-0.15, -0.1) is 0 Å². The maximum Gasteiger partial charge on any atom is 0.222 e. The third kappa shape index (κ3) is 4.94. The summed E-state index contributed by atoms with van der Waals surface area (Å²) in [7, 11) is 0. The van der Waals surface area contributed by atoms with E-state index in [0.717, 1.165) is 32.5 Å². The molecule has 0 aromatic heterocycles. The minimum absolute atomic E-state index is 0.0513. The van der Waals surface area contributed by atoms with Crippen LogP contribution in [0, 0.1) is 5.92 Å². The Morgan fingerprint density at radius 3 is 2.81 bits per heavy atom. The van der Waals surface area contributed by atoms with Gasteiger partial charge in [0.15, 0.2) is 0 Å². The van der Waals surface area contributed by atoms with Gasteiger partial charge in [0.05, 0.1) is 19.1 Å². The number of carbonyl (C=O) groups excluding carboxylic acids is 1. The molecule has 1 aliphatic rings. The molecule has 1 unspecified atom stereocenters. The minimum atomic E-state index is 0.0513. The summed E-state index contributed by atoms with van der Waals surface area (Å²) in [4.78, 5) is 11.6. The van der Waals surface area contributed by atoms with Gasteiger partial charge in [-0.3, -0.25) is 4.79 Å². The first-order valence-corrected chi connectivity index (χ1v) is 6.35. The molecule has 16 heavy (non-hydrogen) atoms. The molecule has 0 bridgehead atoms. The third-order valence-electron chi connectivity index (χ3n) is 3.16. The van der Waals surface area contributed by atoms with E-state index in [1.807, 2.05) is 0 Å². The van der Waals surface area contributed by atoms with Crippen LogP contribution in [0.25, 0.3) is 0 Å². The number of carbonyl (C=O) groups is 1. The molecule has 0 saturated carbocycles. The number of ether oxygens (including phenoxy) is 1. The number of rotatable bonds is 6. The lowest BCUT2D eigenvalue weighted by Crippen LogP contribution is -2.42. The fourth-order valence-corrected chi connectivity index (χ4v) is 1.87. The molecule has 1 heterocycles. The highest BCUT2D eigenvalue weighted by molar-refractivity contribution is 5.76. The first-order chi connectivity index (χ1) is 7.76. The second-order valence-corrected chi connectivity index (χ2v) is 4.39. The molecule has 94 valence electrons. The lowest BCUT2D eigenvalue weighted by Gasteiger charge is -2.23. The molecule has 4 heteroatoms. The second kappa shape index (κ2) is 7.63. The summed E-state index contributed by atoms with van der Waals surface area (Å²) >= 11 is 0. The predicted molar refractivity (Wildman–Crippen MR) is 64.3 cm³/mol. The van der Waals surface area contributed by atoms with Crippen molar-refractivity contribution in [3.63, 3.8) is 0 Å². The van der Waals surface area contributed by atoms with Crippen molar-refractivity contribution in [2.24, 2.45) is 5.92 Å². The van der Waals surface area contributed by atoms with Crippen LogP contribution in [-0.4, -0.2) is 38.3 Å². The van der Waals surface area contributed by atoms with Gasteiger partial charge in [0, 0.05) is 19.6 Å². The van der Waals surface area contributed by atoms with Crippen LogP contribution in [0.1, 0.15) is 33.1 Å². The molecule has 1 amide bonds. The Balaban J connectivity index is 2.14. The van der Waals surface area contributed by atoms with Gasteiger partial charge in [-0.1, -0.05) is 26.7 Å². The molecule has 0 aliphatic carbocycles. The van der Waals surface area contributed by atoms with E-state index in [2.05, 4.69) is 24.5 Å². The molecule has 2 N–H and O–H groups in total. The average Bonchev–Trinajstić information content (AvgIpc) is 2.31. The van der Waals surface area contributed by atoms with Crippen molar-refractivity contribution < 1.29 is 9.53 Å². The fourth-order valence-electron chi connectivity index (χ4n) is 1.87. The van der Waals surface area contributed by atoms with Crippen molar-refractivity contribution in [2.45, 2.75) is 39.2 Å². The Morgan fingerprint density at radius 2 is 2.25 bits per heavy atom. The number of hydrogen-bond acceptors (Lipinski definition) is 3. The molecule has 0 spiro atoms. The quantitative estimate of drug-likeness (QED) is 0.710. The minimum Gasteiger partial charge on any atom is -0.375 e. The first-order valence-electron chi connectivity index (χ1n) is 6.35. The molecule has 0 aromatic rings. The summed E-state index contributed by atoms with van der Waals surface area (Å²) in [5.41, 5.74) is 0. The molecule has 1 fully saturated rings. The van der Waals surface area contributed by atoms with E-state index in [1.165, 1.54) is 0 Å². The highest BCUT2D eigenvalue weighted by Crippen LogP contribution is 2.06. The summed E-state index contributed by atoms with van der Waals surface area (Å²) < 4.78 is 5.48. The topological polar surface area (TPSA) is 50.4 Å². The summed E-state index contributed by atoms with van der Waals surface area (Å²) in [5, 5.41) is 6.21. The molecule has 1 rings (SSSR count). The Kier molecular flexibility index (Phi) is 6.42. The number of nitrogens with one attached hydrogen (secondary N) is 2. The number of hydrogen-bond donors (Lipinski definition) is 2. The van der Waals surface area contributed by atoms with Gasteiger partial charge in [0.25, 0.3) is 0 Å². The van der Waals surface area contributed by atoms with Crippen molar-refractivity contribution in [2.75, 3.05) is 26.2 Å². The van der Waals surface area contributed by atoms with E-state index in [1.54, 1.807) is 0 Å². The maximum atomic E-state index is 11.6. The van der Waals surface area contributed by atoms with E-state index in [0.29, 0.717) is 18.9 Å². The fraction of sp³-hybridized carbons (Fsp3) is 0.917. The summed E-state index contributed by atoms with van der Waals surface area (Å²) in [6.45, 7) is 7.52. The predicted octanol–water partition coefficient (Wildman–Crippen LogP) is 0.917. The maximum absolute atomic E-state index is 11.6. The highest BCUT2D eigenvalue weighted by atomic mass is 16.5. The van der Waals surface area contributed by atoms with Crippen LogP contribution in [0.4, 0.5) is 0 Å². The van der Waals surface area contributed by atoms with Gasteiger partial charge in [-0.25, -0.2) is 0 Å². The van der Waals surface area contributed by atoms with E-state index in [4.69, 9.17) is 4.74 Å². The van der Waals surface area contributed by atoms with Gasteiger partial charge in [-0.05, 0) is 5.92 Å².